The summed E-state index contributed by atoms with van der Waals surface area (Å²) >= 11 is 0. The van der Waals surface area contributed by atoms with Crippen LogP contribution in [0.5, 0.6) is 0 Å². The van der Waals surface area contributed by atoms with Crippen molar-refractivity contribution in [3.05, 3.63) is 0 Å². The van der Waals surface area contributed by atoms with Crippen molar-refractivity contribution < 1.29 is 5.11 Å². The minimum atomic E-state index is 0. The molecule has 0 amide bonds. The van der Waals surface area contributed by atoms with E-state index in [-0.39, 0.29) is 6.15 Å². The molecule has 2 nitrogen and oxygen atoms in total. The molecule has 0 aliphatic rings. The monoisotopic (exact) mass is 135 g/mol. The van der Waals surface area contributed by atoms with Crippen molar-refractivity contribution in [1.29, 1.82) is 0 Å². The third kappa shape index (κ3) is 75.3. The van der Waals surface area contributed by atoms with Crippen LogP contribution in [0.1, 0.15) is 40.0 Å². The van der Waals surface area contributed by atoms with Gasteiger partial charge in [-0.25, -0.2) is 0 Å². The number of aliphatic hydroxyl groups is 1. The highest BCUT2D eigenvalue weighted by atomic mass is 16.2. The molecule has 0 aromatic carbocycles. The lowest BCUT2D eigenvalue weighted by Crippen LogP contribution is -1.69. The first-order valence-corrected chi connectivity index (χ1v) is 3.44. The molecule has 4 N–H and O–H groups in total. The van der Waals surface area contributed by atoms with E-state index in [9.17, 15) is 0 Å². The van der Waals surface area contributed by atoms with Crippen molar-refractivity contribution in [2.75, 3.05) is 6.61 Å². The van der Waals surface area contributed by atoms with Gasteiger partial charge < -0.3 is 11.3 Å². The van der Waals surface area contributed by atoms with Gasteiger partial charge in [-0.2, -0.15) is 0 Å². The second-order valence-corrected chi connectivity index (χ2v) is 1.72. The molecule has 0 atom stereocenters. The Morgan fingerprint density at radius 2 is 1.11 bits per heavy atom. The smallest absolute Gasteiger partial charge is 0.0428 e. The summed E-state index contributed by atoms with van der Waals surface area (Å²) in [6.45, 7) is 6.61. The Morgan fingerprint density at radius 1 is 0.889 bits per heavy atom. The van der Waals surface area contributed by atoms with Gasteiger partial charge in [-0.3, -0.25) is 0 Å². The molecule has 0 aromatic heterocycles. The average Bonchev–Trinajstić information content (AvgIpc) is 1.88. The lowest BCUT2D eigenvalue weighted by atomic mass is 10.4. The molecule has 0 rings (SSSR count). The Morgan fingerprint density at radius 3 is 1.11 bits per heavy atom. The van der Waals surface area contributed by atoms with Crippen LogP contribution in [0.25, 0.3) is 0 Å². The lowest BCUT2D eigenvalue weighted by molar-refractivity contribution is 0.295. The summed E-state index contributed by atoms with van der Waals surface area (Å²) < 4.78 is 0. The molecule has 0 radical (unpaired) electrons. The predicted molar refractivity (Wildman–Crippen MR) is 43.0 cm³/mol. The fraction of sp³-hybridized carbons (Fsp3) is 1.00. The van der Waals surface area contributed by atoms with E-state index in [0.29, 0.717) is 6.61 Å². The van der Waals surface area contributed by atoms with Crippen molar-refractivity contribution >= 4 is 0 Å². The molecule has 0 unspecified atom stereocenters. The van der Waals surface area contributed by atoms with Gasteiger partial charge in [-0.15, -0.1) is 0 Å². The number of aliphatic hydroxyl groups excluding tert-OH is 1. The van der Waals surface area contributed by atoms with E-state index in [2.05, 4.69) is 13.8 Å². The van der Waals surface area contributed by atoms with Gasteiger partial charge in [0.15, 0.2) is 0 Å². The van der Waals surface area contributed by atoms with Crippen LogP contribution in [0.4, 0.5) is 0 Å². The van der Waals surface area contributed by atoms with Crippen molar-refractivity contribution in [2.45, 2.75) is 40.0 Å². The van der Waals surface area contributed by atoms with Gasteiger partial charge in [0.2, 0.25) is 0 Å². The standard InChI is InChI=1S/C4H10.C3H8O.H3N/c1-3-4-2;1-2-3-4;/h3-4H2,1-2H3;4H,2-3H2,1H3;1H3. The molecule has 60 valence electrons. The Hall–Kier alpha value is -0.0800. The molecule has 0 aliphatic heterocycles. The minimum absolute atomic E-state index is 0. The van der Waals surface area contributed by atoms with Gasteiger partial charge in [0.25, 0.3) is 0 Å². The third-order valence-electron chi connectivity index (χ3n) is 0.724. The van der Waals surface area contributed by atoms with Crippen LogP contribution in [0.3, 0.4) is 0 Å². The van der Waals surface area contributed by atoms with Gasteiger partial charge in [-0.05, 0) is 6.42 Å². The molecular formula is C7H21NO. The van der Waals surface area contributed by atoms with E-state index in [0.717, 1.165) is 6.42 Å². The summed E-state index contributed by atoms with van der Waals surface area (Å²) in [6.07, 6.45) is 3.51. The van der Waals surface area contributed by atoms with Crippen LogP contribution < -0.4 is 6.15 Å². The number of rotatable bonds is 2. The van der Waals surface area contributed by atoms with E-state index in [1.165, 1.54) is 12.8 Å². The molecule has 9 heavy (non-hydrogen) atoms. The molecule has 2 heteroatoms. The van der Waals surface area contributed by atoms with Crippen LogP contribution >= 0.6 is 0 Å². The summed E-state index contributed by atoms with van der Waals surface area (Å²) in [5, 5.41) is 7.88. The highest BCUT2D eigenvalue weighted by Gasteiger charge is 1.57. The Kier molecular flexibility index (Phi) is 43.8. The van der Waals surface area contributed by atoms with E-state index in [1.54, 1.807) is 0 Å². The van der Waals surface area contributed by atoms with Gasteiger partial charge in [0.1, 0.15) is 0 Å². The normalized spacial score (nSPS) is 6.67. The molecule has 0 bridgehead atoms. The number of unbranched alkanes of at least 4 members (excludes halogenated alkanes) is 1. The topological polar surface area (TPSA) is 55.2 Å². The van der Waals surface area contributed by atoms with Crippen LogP contribution in [0, 0.1) is 0 Å². The average molecular weight is 135 g/mol. The maximum atomic E-state index is 7.88. The Bertz CT molecular complexity index is 16.9. The Labute approximate surface area is 58.9 Å². The molecule has 0 fully saturated rings. The lowest BCUT2D eigenvalue weighted by Gasteiger charge is -1.69. The quantitative estimate of drug-likeness (QED) is 0.610. The SMILES string of the molecule is CCCC.CCCO.N. The van der Waals surface area contributed by atoms with Crippen LogP contribution in [-0.4, -0.2) is 11.7 Å². The zero-order valence-corrected chi connectivity index (χ0v) is 6.98. The fourth-order valence-electron chi connectivity index (χ4n) is 0. The van der Waals surface area contributed by atoms with Crippen molar-refractivity contribution in [1.82, 2.24) is 6.15 Å². The molecule has 0 heterocycles. The largest absolute Gasteiger partial charge is 0.396 e. The summed E-state index contributed by atoms with van der Waals surface area (Å²) in [5.74, 6) is 0. The van der Waals surface area contributed by atoms with Crippen LogP contribution in [0.2, 0.25) is 0 Å². The maximum absolute atomic E-state index is 7.88. The summed E-state index contributed by atoms with van der Waals surface area (Å²) in [7, 11) is 0. The first kappa shape index (κ1) is 16.0. The second-order valence-electron chi connectivity index (χ2n) is 1.72. The van der Waals surface area contributed by atoms with Gasteiger partial charge in [-0.1, -0.05) is 33.6 Å². The minimum Gasteiger partial charge on any atom is -0.396 e. The zero-order chi connectivity index (χ0) is 6.83. The summed E-state index contributed by atoms with van der Waals surface area (Å²) in [5.41, 5.74) is 0. The van der Waals surface area contributed by atoms with E-state index in [1.807, 2.05) is 6.92 Å². The number of hydrogen-bond donors (Lipinski definition) is 2. The van der Waals surface area contributed by atoms with Gasteiger partial charge >= 0.3 is 0 Å². The molecule has 0 saturated carbocycles. The van der Waals surface area contributed by atoms with Crippen molar-refractivity contribution in [3.8, 4) is 0 Å². The first-order chi connectivity index (χ1) is 3.83. The van der Waals surface area contributed by atoms with Gasteiger partial charge in [0, 0.05) is 6.61 Å². The molecular weight excluding hydrogens is 114 g/mol. The summed E-state index contributed by atoms with van der Waals surface area (Å²) in [6, 6.07) is 0. The van der Waals surface area contributed by atoms with Gasteiger partial charge in [0.05, 0.1) is 0 Å². The molecule has 0 saturated heterocycles. The zero-order valence-electron chi connectivity index (χ0n) is 6.98. The van der Waals surface area contributed by atoms with E-state index in [4.69, 9.17) is 5.11 Å². The first-order valence-electron chi connectivity index (χ1n) is 3.44. The highest BCUT2D eigenvalue weighted by molar-refractivity contribution is 4.12. The second kappa shape index (κ2) is 24.7. The molecule has 0 aromatic rings. The van der Waals surface area contributed by atoms with Crippen LogP contribution in [-0.2, 0) is 0 Å². The fourth-order valence-corrected chi connectivity index (χ4v) is 0. The van der Waals surface area contributed by atoms with Crippen molar-refractivity contribution in [3.63, 3.8) is 0 Å². The maximum Gasteiger partial charge on any atom is 0.0428 e. The van der Waals surface area contributed by atoms with E-state index >= 15 is 0 Å². The summed E-state index contributed by atoms with van der Waals surface area (Å²) in [4.78, 5) is 0. The predicted octanol–water partition coefficient (Wildman–Crippen LogP) is 2.36. The molecule has 0 spiro atoms. The van der Waals surface area contributed by atoms with Crippen LogP contribution in [0.15, 0.2) is 0 Å². The molecule has 0 aliphatic carbocycles. The van der Waals surface area contributed by atoms with Crippen molar-refractivity contribution in [2.24, 2.45) is 0 Å². The third-order valence-corrected chi connectivity index (χ3v) is 0.724. The van der Waals surface area contributed by atoms with E-state index < -0.39 is 0 Å². The highest BCUT2D eigenvalue weighted by Crippen LogP contribution is 1.76. The number of hydrogen-bond acceptors (Lipinski definition) is 2. The Balaban J connectivity index is -0.0000000720.